The van der Waals surface area contributed by atoms with E-state index in [1.54, 1.807) is 49.8 Å². The molecule has 1 aromatic heterocycles. The van der Waals surface area contributed by atoms with E-state index in [4.69, 9.17) is 14.3 Å². The first-order valence-corrected chi connectivity index (χ1v) is 15.0. The van der Waals surface area contributed by atoms with Crippen molar-refractivity contribution in [2.75, 3.05) is 19.9 Å². The molecule has 45 heavy (non-hydrogen) atoms. The Bertz CT molecular complexity index is 1650. The first-order valence-electron chi connectivity index (χ1n) is 13.6. The molecule has 0 radical (unpaired) electrons. The molecule has 3 aromatic rings. The van der Waals surface area contributed by atoms with E-state index in [1.165, 1.54) is 17.1 Å². The Morgan fingerprint density at radius 1 is 1.04 bits per heavy atom. The molecule has 13 nitrogen and oxygen atoms in total. The Morgan fingerprint density at radius 3 is 2.29 bits per heavy atom. The predicted octanol–water partition coefficient (Wildman–Crippen LogP) is 5.20. The lowest BCUT2D eigenvalue weighted by molar-refractivity contribution is -0.167. The Morgan fingerprint density at radius 2 is 1.71 bits per heavy atom. The minimum atomic E-state index is -4.70. The molecule has 1 aliphatic rings. The number of hydrogen-bond donors (Lipinski definition) is 1. The molecular weight excluding hydrogens is 621 g/mol. The van der Waals surface area contributed by atoms with E-state index >= 15 is 0 Å². The number of nitrogens with zero attached hydrogens (tertiary/aromatic N) is 5. The summed E-state index contributed by atoms with van der Waals surface area (Å²) in [6, 6.07) is 12.1. The molecule has 0 aliphatic carbocycles. The van der Waals surface area contributed by atoms with Crippen LogP contribution in [0.25, 0.3) is 16.9 Å². The zero-order chi connectivity index (χ0) is 33.0. The van der Waals surface area contributed by atoms with Crippen LogP contribution in [-0.4, -0.2) is 61.3 Å². The van der Waals surface area contributed by atoms with Crippen molar-refractivity contribution in [3.63, 3.8) is 0 Å². The fraction of sp³-hybridized carbons (Fsp3) is 0.393. The van der Waals surface area contributed by atoms with Crippen molar-refractivity contribution in [2.24, 2.45) is 15.9 Å². The highest BCUT2D eigenvalue weighted by Gasteiger charge is 2.35. The zero-order valence-corrected chi connectivity index (χ0v) is 25.6. The van der Waals surface area contributed by atoms with Crippen LogP contribution in [0.1, 0.15) is 38.4 Å². The van der Waals surface area contributed by atoms with Gasteiger partial charge in [-0.25, -0.2) is 22.6 Å². The number of rotatable bonds is 10. The van der Waals surface area contributed by atoms with E-state index in [0.29, 0.717) is 18.5 Å². The minimum Gasteiger partial charge on any atom is -0.447 e. The highest BCUT2D eigenvalue weighted by Crippen LogP contribution is 2.33. The second-order valence-electron chi connectivity index (χ2n) is 11.1. The van der Waals surface area contributed by atoms with Crippen molar-refractivity contribution >= 4 is 22.1 Å². The van der Waals surface area contributed by atoms with Gasteiger partial charge in [0.05, 0.1) is 27.7 Å². The number of carbonyl (C=O) groups is 2. The number of sulfonamides is 1. The van der Waals surface area contributed by atoms with E-state index in [-0.39, 0.29) is 28.9 Å². The summed E-state index contributed by atoms with van der Waals surface area (Å²) < 4.78 is 78.8. The number of nitrogens with one attached hydrogen (secondary N) is 1. The standard InChI is InChI=1S/C28H31F3N6O7S/c1-18-5-7-19(8-6-18)23-15-24(28(29,30)31)32-37(23)20-9-11-22(12-10-20)45(40,41)33-26(39)42-16-21-13-14-36(21)34-35-44-17-43-25(38)27(2,3)4/h5-12,15,21H,13-14,16-17H2,1-4H3,(H,33,39)/t21-/m0/s1. The number of halogens is 3. The summed E-state index contributed by atoms with van der Waals surface area (Å²) >= 11 is 0. The Balaban J connectivity index is 1.34. The summed E-state index contributed by atoms with van der Waals surface area (Å²) in [6.45, 7) is 6.72. The van der Waals surface area contributed by atoms with Crippen molar-refractivity contribution in [2.45, 2.75) is 51.2 Å². The van der Waals surface area contributed by atoms with Gasteiger partial charge >= 0.3 is 18.2 Å². The smallest absolute Gasteiger partial charge is 0.435 e. The van der Waals surface area contributed by atoms with Gasteiger partial charge in [-0.1, -0.05) is 29.8 Å². The molecule has 1 atom stereocenters. The summed E-state index contributed by atoms with van der Waals surface area (Å²) in [6.07, 6.45) is -5.36. The van der Waals surface area contributed by atoms with Gasteiger partial charge in [0.1, 0.15) is 6.61 Å². The van der Waals surface area contributed by atoms with Crippen LogP contribution in [0.5, 0.6) is 0 Å². The fourth-order valence-electron chi connectivity index (χ4n) is 3.89. The monoisotopic (exact) mass is 652 g/mol. The largest absolute Gasteiger partial charge is 0.447 e. The number of amides is 1. The summed E-state index contributed by atoms with van der Waals surface area (Å²) in [4.78, 5) is 28.4. The Kier molecular flexibility index (Phi) is 9.70. The average Bonchev–Trinajstić information content (AvgIpc) is 3.40. The molecule has 1 fully saturated rings. The molecule has 1 N–H and O–H groups in total. The van der Waals surface area contributed by atoms with Crippen LogP contribution in [0.3, 0.4) is 0 Å². The van der Waals surface area contributed by atoms with Gasteiger partial charge in [-0.3, -0.25) is 9.80 Å². The molecule has 2 aromatic carbocycles. The first-order chi connectivity index (χ1) is 21.0. The molecule has 0 bridgehead atoms. The van der Waals surface area contributed by atoms with Gasteiger partial charge in [0.15, 0.2) is 5.69 Å². The number of benzene rings is 2. The van der Waals surface area contributed by atoms with Gasteiger partial charge in [-0.2, -0.15) is 18.3 Å². The molecule has 4 rings (SSSR count). The van der Waals surface area contributed by atoms with Crippen LogP contribution in [0.15, 0.2) is 70.0 Å². The molecule has 0 spiro atoms. The third kappa shape index (κ3) is 8.49. The summed E-state index contributed by atoms with van der Waals surface area (Å²) in [5.41, 5.74) is -0.101. The number of hydrogen-bond acceptors (Lipinski definition) is 10. The number of aryl methyl sites for hydroxylation is 1. The maximum Gasteiger partial charge on any atom is 0.435 e. The lowest BCUT2D eigenvalue weighted by Gasteiger charge is -2.36. The molecule has 242 valence electrons. The van der Waals surface area contributed by atoms with Crippen LogP contribution < -0.4 is 4.72 Å². The highest BCUT2D eigenvalue weighted by atomic mass is 32.2. The van der Waals surface area contributed by atoms with Gasteiger partial charge in [0.25, 0.3) is 16.8 Å². The van der Waals surface area contributed by atoms with E-state index in [9.17, 15) is 31.2 Å². The Hall–Kier alpha value is -4.67. The summed E-state index contributed by atoms with van der Waals surface area (Å²) in [5.74, 6) is -0.477. The Labute approximate surface area is 256 Å². The van der Waals surface area contributed by atoms with Crippen LogP contribution in [0.4, 0.5) is 18.0 Å². The number of carbonyl (C=O) groups excluding carboxylic acids is 2. The van der Waals surface area contributed by atoms with Crippen LogP contribution in [-0.2, 0) is 35.3 Å². The molecular formula is C28H31F3N6O7S. The normalized spacial score (nSPS) is 15.4. The second kappa shape index (κ2) is 13.1. The van der Waals surface area contributed by atoms with E-state index in [1.807, 2.05) is 6.92 Å². The molecule has 0 unspecified atom stereocenters. The molecule has 1 amide bonds. The van der Waals surface area contributed by atoms with Gasteiger partial charge < -0.3 is 14.3 Å². The van der Waals surface area contributed by atoms with Crippen LogP contribution >= 0.6 is 0 Å². The van der Waals surface area contributed by atoms with Crippen molar-refractivity contribution < 1.29 is 45.5 Å². The van der Waals surface area contributed by atoms with Crippen LogP contribution in [0, 0.1) is 12.3 Å². The third-order valence-corrected chi connectivity index (χ3v) is 7.87. The quantitative estimate of drug-likeness (QED) is 0.102. The number of alkyl halides is 3. The van der Waals surface area contributed by atoms with E-state index < -0.39 is 46.2 Å². The maximum absolute atomic E-state index is 13.5. The van der Waals surface area contributed by atoms with E-state index in [0.717, 1.165) is 28.4 Å². The van der Waals surface area contributed by atoms with Crippen LogP contribution in [0.2, 0.25) is 0 Å². The molecule has 17 heteroatoms. The number of esters is 1. The van der Waals surface area contributed by atoms with Gasteiger partial charge in [0, 0.05) is 17.4 Å². The zero-order valence-electron chi connectivity index (χ0n) is 24.7. The second-order valence-corrected chi connectivity index (χ2v) is 12.8. The molecule has 1 aliphatic heterocycles. The topological polar surface area (TPSA) is 154 Å². The fourth-order valence-corrected chi connectivity index (χ4v) is 4.78. The molecule has 0 saturated carbocycles. The van der Waals surface area contributed by atoms with Gasteiger partial charge in [-0.05, 0) is 69.7 Å². The van der Waals surface area contributed by atoms with Crippen molar-refractivity contribution in [3.05, 3.63) is 65.9 Å². The SMILES string of the molecule is Cc1ccc(-c2cc(C(F)(F)F)nn2-c2ccc(S(=O)(=O)NC(=O)OC[C@@H]3CCN3N=NOCOC(=O)C(C)(C)C)cc2)cc1. The highest BCUT2D eigenvalue weighted by molar-refractivity contribution is 7.90. The van der Waals surface area contributed by atoms with Crippen molar-refractivity contribution in [1.29, 1.82) is 0 Å². The van der Waals surface area contributed by atoms with Gasteiger partial charge in [0.2, 0.25) is 0 Å². The third-order valence-electron chi connectivity index (χ3n) is 6.54. The van der Waals surface area contributed by atoms with Crippen molar-refractivity contribution in [1.82, 2.24) is 19.5 Å². The summed E-state index contributed by atoms with van der Waals surface area (Å²) in [5, 5.41) is 12.4. The molecule has 2 heterocycles. The molecule has 1 saturated heterocycles. The number of aromatic nitrogens is 2. The van der Waals surface area contributed by atoms with Gasteiger partial charge in [-0.15, -0.1) is 0 Å². The predicted molar refractivity (Wildman–Crippen MR) is 152 cm³/mol. The van der Waals surface area contributed by atoms with E-state index in [2.05, 4.69) is 15.6 Å². The average molecular weight is 653 g/mol. The minimum absolute atomic E-state index is 0.153. The lowest BCUT2D eigenvalue weighted by atomic mass is 9.98. The van der Waals surface area contributed by atoms with Crippen molar-refractivity contribution in [3.8, 4) is 16.9 Å². The first kappa shape index (κ1) is 33.2. The maximum atomic E-state index is 13.5. The lowest BCUT2D eigenvalue weighted by Crippen LogP contribution is -2.47. The number of ether oxygens (including phenoxy) is 2. The summed E-state index contributed by atoms with van der Waals surface area (Å²) in [7, 11) is -4.38.